The zero-order valence-corrected chi connectivity index (χ0v) is 18.2. The molecule has 0 saturated carbocycles. The van der Waals surface area contributed by atoms with E-state index < -0.39 is 0 Å². The molecule has 0 aliphatic heterocycles. The van der Waals surface area contributed by atoms with Crippen LogP contribution < -0.4 is 16.4 Å². The first-order valence-corrected chi connectivity index (χ1v) is 10.2. The second-order valence-electron chi connectivity index (χ2n) is 7.94. The largest absolute Gasteiger partial charge is 0.364 e. The molecular weight excluding hydrogens is 364 g/mol. The molecule has 0 aromatic carbocycles. The number of imidazole rings is 1. The molecule has 8 heteroatoms. The fraction of sp³-hybridized carbons (Fsp3) is 0.524. The Morgan fingerprint density at radius 3 is 2.52 bits per heavy atom. The van der Waals surface area contributed by atoms with E-state index in [4.69, 9.17) is 15.7 Å². The first kappa shape index (κ1) is 21.0. The summed E-state index contributed by atoms with van der Waals surface area (Å²) in [6, 6.07) is 2.42. The summed E-state index contributed by atoms with van der Waals surface area (Å²) in [4.78, 5) is 18.4. The van der Waals surface area contributed by atoms with E-state index in [1.165, 1.54) is 5.56 Å². The van der Waals surface area contributed by atoms with E-state index in [0.717, 1.165) is 28.8 Å². The quantitative estimate of drug-likeness (QED) is 0.534. The van der Waals surface area contributed by atoms with Gasteiger partial charge in [-0.25, -0.2) is 4.98 Å². The molecule has 0 saturated heterocycles. The van der Waals surface area contributed by atoms with Gasteiger partial charge in [0.1, 0.15) is 0 Å². The maximum Gasteiger partial charge on any atom is 0.227 e. The zero-order valence-electron chi connectivity index (χ0n) is 18.2. The number of rotatable bonds is 8. The molecule has 0 spiro atoms. The van der Waals surface area contributed by atoms with Gasteiger partial charge in [-0.3, -0.25) is 4.98 Å². The number of nitrogens with two attached hydrogens (primary N) is 1. The minimum Gasteiger partial charge on any atom is -0.364 e. The van der Waals surface area contributed by atoms with Gasteiger partial charge in [0, 0.05) is 36.6 Å². The fourth-order valence-electron chi connectivity index (χ4n) is 3.34. The van der Waals surface area contributed by atoms with E-state index in [1.807, 2.05) is 26.4 Å². The molecule has 0 radical (unpaired) electrons. The molecule has 0 bridgehead atoms. The average Bonchev–Trinajstić information content (AvgIpc) is 3.09. The van der Waals surface area contributed by atoms with Crippen LogP contribution in [0.25, 0.3) is 11.2 Å². The summed E-state index contributed by atoms with van der Waals surface area (Å²) < 4.78 is 2.05. The molecule has 0 fully saturated rings. The van der Waals surface area contributed by atoms with E-state index in [-0.39, 0.29) is 18.1 Å². The van der Waals surface area contributed by atoms with E-state index >= 15 is 0 Å². The van der Waals surface area contributed by atoms with Gasteiger partial charge in [-0.2, -0.15) is 9.97 Å². The third-order valence-corrected chi connectivity index (χ3v) is 5.17. The number of fused-ring (bicyclic) bond motifs is 1. The third-order valence-electron chi connectivity index (χ3n) is 5.17. The van der Waals surface area contributed by atoms with Gasteiger partial charge in [0.25, 0.3) is 0 Å². The summed E-state index contributed by atoms with van der Waals surface area (Å²) in [5.74, 6) is 1.27. The Morgan fingerprint density at radius 2 is 1.90 bits per heavy atom. The molecular formula is C21H32N8. The highest BCUT2D eigenvalue weighted by atomic mass is 15.2. The van der Waals surface area contributed by atoms with Crippen LogP contribution >= 0.6 is 0 Å². The van der Waals surface area contributed by atoms with Gasteiger partial charge < -0.3 is 20.9 Å². The van der Waals surface area contributed by atoms with Crippen LogP contribution in [0, 0.1) is 13.8 Å². The molecule has 3 rings (SSSR count). The standard InChI is InChI=1S/C21H32N8/c1-7-17(15(6)22)26-21-27-19(18-20(28-21)29(11-25-18)12(2)3)24-10-16-9-23-14(5)8-13(16)4/h8-9,11-12,15,17H,7,10,22H2,1-6H3,(H2,24,26,27,28)/t15-,17+/m1/s1. The topological polar surface area (TPSA) is 107 Å². The van der Waals surface area contributed by atoms with Gasteiger partial charge in [-0.15, -0.1) is 0 Å². The third kappa shape index (κ3) is 4.64. The summed E-state index contributed by atoms with van der Waals surface area (Å²) in [5.41, 5.74) is 11.0. The molecule has 0 aliphatic carbocycles. The molecule has 0 unspecified atom stereocenters. The summed E-state index contributed by atoms with van der Waals surface area (Å²) in [6.45, 7) is 13.0. The van der Waals surface area contributed by atoms with Crippen LogP contribution in [0.3, 0.4) is 0 Å². The summed E-state index contributed by atoms with van der Waals surface area (Å²) >= 11 is 0. The lowest BCUT2D eigenvalue weighted by molar-refractivity contribution is 0.574. The van der Waals surface area contributed by atoms with Crippen molar-refractivity contribution < 1.29 is 0 Å². The number of pyridine rings is 1. The highest BCUT2D eigenvalue weighted by molar-refractivity contribution is 5.84. The molecule has 4 N–H and O–H groups in total. The van der Waals surface area contributed by atoms with Crippen molar-refractivity contribution in [2.24, 2.45) is 5.73 Å². The van der Waals surface area contributed by atoms with Crippen molar-refractivity contribution >= 4 is 22.9 Å². The SMILES string of the molecule is CC[C@H](Nc1nc(NCc2cnc(C)cc2C)c2ncn(C(C)C)c2n1)[C@@H](C)N. The Hall–Kier alpha value is -2.74. The first-order valence-electron chi connectivity index (χ1n) is 10.2. The van der Waals surface area contributed by atoms with Gasteiger partial charge >= 0.3 is 0 Å². The maximum absolute atomic E-state index is 6.11. The molecule has 0 amide bonds. The van der Waals surface area contributed by atoms with Crippen LogP contribution in [0.2, 0.25) is 0 Å². The molecule has 3 aromatic heterocycles. The van der Waals surface area contributed by atoms with Crippen LogP contribution in [-0.4, -0.2) is 36.6 Å². The van der Waals surface area contributed by atoms with Crippen LogP contribution in [0.4, 0.5) is 11.8 Å². The number of nitrogens with zero attached hydrogens (tertiary/aromatic N) is 5. The smallest absolute Gasteiger partial charge is 0.227 e. The van der Waals surface area contributed by atoms with Gasteiger partial charge in [-0.1, -0.05) is 6.92 Å². The van der Waals surface area contributed by atoms with E-state index in [0.29, 0.717) is 18.3 Å². The molecule has 2 atom stereocenters. The van der Waals surface area contributed by atoms with Crippen LogP contribution in [-0.2, 0) is 6.54 Å². The Labute approximate surface area is 172 Å². The maximum atomic E-state index is 6.11. The monoisotopic (exact) mass is 396 g/mol. The lowest BCUT2D eigenvalue weighted by Crippen LogP contribution is -2.37. The highest BCUT2D eigenvalue weighted by Gasteiger charge is 2.18. The van der Waals surface area contributed by atoms with Crippen molar-refractivity contribution in [3.8, 4) is 0 Å². The van der Waals surface area contributed by atoms with E-state index in [9.17, 15) is 0 Å². The Morgan fingerprint density at radius 1 is 1.14 bits per heavy atom. The van der Waals surface area contributed by atoms with Gasteiger partial charge in [0.2, 0.25) is 5.95 Å². The number of nitrogens with one attached hydrogen (secondary N) is 2. The van der Waals surface area contributed by atoms with Crippen LogP contribution in [0.15, 0.2) is 18.6 Å². The minimum absolute atomic E-state index is 0.00741. The molecule has 29 heavy (non-hydrogen) atoms. The van der Waals surface area contributed by atoms with Crippen LogP contribution in [0.1, 0.15) is 57.0 Å². The van der Waals surface area contributed by atoms with Crippen molar-refractivity contribution in [2.75, 3.05) is 10.6 Å². The second-order valence-corrected chi connectivity index (χ2v) is 7.94. The molecule has 3 aromatic rings. The number of hydrogen-bond acceptors (Lipinski definition) is 7. The lowest BCUT2D eigenvalue weighted by Gasteiger charge is -2.21. The highest BCUT2D eigenvalue weighted by Crippen LogP contribution is 2.24. The minimum atomic E-state index is -0.00741. The number of hydrogen-bond donors (Lipinski definition) is 3. The molecule has 3 heterocycles. The Bertz CT molecular complexity index is 976. The fourth-order valence-corrected chi connectivity index (χ4v) is 3.34. The van der Waals surface area contributed by atoms with E-state index in [2.05, 4.69) is 58.9 Å². The molecule has 8 nitrogen and oxygen atoms in total. The van der Waals surface area contributed by atoms with Crippen molar-refractivity contribution in [1.29, 1.82) is 0 Å². The number of aryl methyl sites for hydroxylation is 2. The van der Waals surface area contributed by atoms with Crippen molar-refractivity contribution in [3.05, 3.63) is 35.4 Å². The average molecular weight is 397 g/mol. The molecule has 156 valence electrons. The van der Waals surface area contributed by atoms with Crippen molar-refractivity contribution in [1.82, 2.24) is 24.5 Å². The van der Waals surface area contributed by atoms with Gasteiger partial charge in [-0.05, 0) is 58.2 Å². The zero-order chi connectivity index (χ0) is 21.1. The number of anilines is 2. The van der Waals surface area contributed by atoms with Crippen molar-refractivity contribution in [2.45, 2.75) is 72.6 Å². The van der Waals surface area contributed by atoms with Gasteiger partial charge in [0.05, 0.1) is 6.33 Å². The first-order chi connectivity index (χ1) is 13.8. The lowest BCUT2D eigenvalue weighted by atomic mass is 10.1. The summed E-state index contributed by atoms with van der Waals surface area (Å²) in [6.07, 6.45) is 4.62. The normalized spacial score (nSPS) is 13.7. The van der Waals surface area contributed by atoms with Crippen molar-refractivity contribution in [3.63, 3.8) is 0 Å². The summed E-state index contributed by atoms with van der Waals surface area (Å²) in [5, 5.41) is 6.83. The Kier molecular flexibility index (Phi) is 6.32. The van der Waals surface area contributed by atoms with E-state index in [1.54, 1.807) is 0 Å². The predicted molar refractivity (Wildman–Crippen MR) is 118 cm³/mol. The second kappa shape index (κ2) is 8.73. The molecule has 0 aliphatic rings. The summed E-state index contributed by atoms with van der Waals surface area (Å²) in [7, 11) is 0. The Balaban J connectivity index is 1.97. The predicted octanol–water partition coefficient (Wildman–Crippen LogP) is 3.57. The van der Waals surface area contributed by atoms with Crippen LogP contribution in [0.5, 0.6) is 0 Å². The van der Waals surface area contributed by atoms with Gasteiger partial charge in [0.15, 0.2) is 17.0 Å². The number of aromatic nitrogens is 5.